The third-order valence-electron chi connectivity index (χ3n) is 5.74. The number of nitrogens with one attached hydrogen (secondary N) is 1. The summed E-state index contributed by atoms with van der Waals surface area (Å²) in [7, 11) is 0. The van der Waals surface area contributed by atoms with Gasteiger partial charge in [0.05, 0.1) is 22.2 Å². The van der Waals surface area contributed by atoms with Crippen molar-refractivity contribution in [2.24, 2.45) is 0 Å². The highest BCUT2D eigenvalue weighted by molar-refractivity contribution is 6.32. The fraction of sp³-hybridized carbons (Fsp3) is 0.0690. The van der Waals surface area contributed by atoms with Crippen LogP contribution in [0, 0.1) is 22.7 Å². The Hall–Kier alpha value is -4.42. The van der Waals surface area contributed by atoms with E-state index in [9.17, 15) is 9.90 Å². The molecule has 4 rings (SSSR count). The van der Waals surface area contributed by atoms with Crippen LogP contribution < -0.4 is 5.32 Å². The van der Waals surface area contributed by atoms with Gasteiger partial charge in [-0.3, -0.25) is 4.79 Å². The monoisotopic (exact) mass is 477 g/mol. The number of aliphatic hydroxyl groups is 1. The van der Waals surface area contributed by atoms with Crippen molar-refractivity contribution in [1.82, 2.24) is 0 Å². The smallest absolute Gasteiger partial charge is 0.261 e. The van der Waals surface area contributed by atoms with E-state index in [1.807, 2.05) is 48.5 Å². The van der Waals surface area contributed by atoms with E-state index in [-0.39, 0.29) is 11.4 Å². The summed E-state index contributed by atoms with van der Waals surface area (Å²) in [6.45, 7) is 0. The van der Waals surface area contributed by atoms with Gasteiger partial charge in [-0.05, 0) is 52.6 Å². The summed E-state index contributed by atoms with van der Waals surface area (Å²) in [6, 6.07) is 32.3. The second kappa shape index (κ2) is 10.2. The predicted molar refractivity (Wildman–Crippen MR) is 135 cm³/mol. The maximum absolute atomic E-state index is 13.4. The Bertz CT molecular complexity index is 1440. The van der Waals surface area contributed by atoms with Gasteiger partial charge in [0.15, 0.2) is 5.60 Å². The maximum atomic E-state index is 13.4. The molecule has 0 heterocycles. The molecule has 0 fully saturated rings. The molecule has 2 N–H and O–H groups in total. The Balaban J connectivity index is 1.61. The zero-order chi connectivity index (χ0) is 24.8. The number of hydrogen-bond acceptors (Lipinski definition) is 4. The molecule has 4 aromatic rings. The Labute approximate surface area is 208 Å². The number of nitriles is 2. The van der Waals surface area contributed by atoms with Crippen LogP contribution in [0.15, 0.2) is 97.1 Å². The molecule has 0 radical (unpaired) electrons. The van der Waals surface area contributed by atoms with Gasteiger partial charge in [-0.25, -0.2) is 0 Å². The largest absolute Gasteiger partial charge is 0.375 e. The molecule has 0 saturated heterocycles. The Morgan fingerprint density at radius 2 is 1.49 bits per heavy atom. The van der Waals surface area contributed by atoms with Crippen molar-refractivity contribution < 1.29 is 9.90 Å². The highest BCUT2D eigenvalue weighted by Crippen LogP contribution is 2.30. The number of benzene rings is 4. The molecule has 0 spiro atoms. The van der Waals surface area contributed by atoms with Crippen LogP contribution in [-0.2, 0) is 16.8 Å². The lowest BCUT2D eigenvalue weighted by Crippen LogP contribution is -2.42. The molecule has 1 amide bonds. The van der Waals surface area contributed by atoms with Crippen LogP contribution >= 0.6 is 11.6 Å². The minimum atomic E-state index is -1.85. The molecule has 6 heteroatoms. The number of halogens is 1. The van der Waals surface area contributed by atoms with Crippen LogP contribution in [0.25, 0.3) is 11.1 Å². The molecular weight excluding hydrogens is 458 g/mol. The first-order chi connectivity index (χ1) is 16.9. The third-order valence-corrected chi connectivity index (χ3v) is 6.05. The van der Waals surface area contributed by atoms with Gasteiger partial charge < -0.3 is 10.4 Å². The normalized spacial score (nSPS) is 12.1. The van der Waals surface area contributed by atoms with Crippen molar-refractivity contribution in [3.63, 3.8) is 0 Å². The molecule has 5 nitrogen and oxygen atoms in total. The lowest BCUT2D eigenvalue weighted by molar-refractivity contribution is -0.135. The number of hydrogen-bond donors (Lipinski definition) is 2. The lowest BCUT2D eigenvalue weighted by Gasteiger charge is -2.28. The van der Waals surface area contributed by atoms with Gasteiger partial charge in [0.25, 0.3) is 5.91 Å². The minimum absolute atomic E-state index is 0.0422. The number of amides is 1. The summed E-state index contributed by atoms with van der Waals surface area (Å²) in [4.78, 5) is 13.4. The van der Waals surface area contributed by atoms with E-state index < -0.39 is 11.5 Å². The fourth-order valence-corrected chi connectivity index (χ4v) is 4.02. The molecule has 35 heavy (non-hydrogen) atoms. The van der Waals surface area contributed by atoms with Gasteiger partial charge >= 0.3 is 0 Å². The van der Waals surface area contributed by atoms with Crippen molar-refractivity contribution in [1.29, 1.82) is 10.5 Å². The van der Waals surface area contributed by atoms with E-state index in [4.69, 9.17) is 22.1 Å². The summed E-state index contributed by atoms with van der Waals surface area (Å²) < 4.78 is 0. The molecule has 0 aliphatic heterocycles. The van der Waals surface area contributed by atoms with E-state index in [2.05, 4.69) is 11.4 Å². The summed E-state index contributed by atoms with van der Waals surface area (Å²) >= 11 is 6.10. The highest BCUT2D eigenvalue weighted by Gasteiger charge is 2.38. The molecule has 1 atom stereocenters. The van der Waals surface area contributed by atoms with Crippen molar-refractivity contribution in [2.75, 3.05) is 5.32 Å². The second-order valence-electron chi connectivity index (χ2n) is 8.05. The topological polar surface area (TPSA) is 96.9 Å². The zero-order valence-electron chi connectivity index (χ0n) is 18.6. The fourth-order valence-electron chi connectivity index (χ4n) is 3.79. The van der Waals surface area contributed by atoms with Gasteiger partial charge in [-0.1, -0.05) is 78.3 Å². The molecule has 0 aromatic heterocycles. The summed E-state index contributed by atoms with van der Waals surface area (Å²) in [5, 5.41) is 32.7. The quantitative estimate of drug-likeness (QED) is 0.365. The summed E-state index contributed by atoms with van der Waals surface area (Å²) in [5.74, 6) is -0.611. The van der Waals surface area contributed by atoms with E-state index in [1.165, 1.54) is 12.1 Å². The average Bonchev–Trinajstić information content (AvgIpc) is 2.90. The Kier molecular flexibility index (Phi) is 6.94. The van der Waals surface area contributed by atoms with Crippen molar-refractivity contribution in [3.05, 3.63) is 124 Å². The van der Waals surface area contributed by atoms with Crippen LogP contribution in [0.3, 0.4) is 0 Å². The van der Waals surface area contributed by atoms with Crippen LogP contribution in [0.5, 0.6) is 0 Å². The standard InChI is InChI=1S/C29H20ClN3O2/c30-27-16-26(15-14-24(27)19-32)33-28(34)29(35,25-4-2-1-3-5-25)17-20-6-10-22(11-7-20)23-12-8-21(18-31)9-13-23/h1-16,35H,17H2,(H,33,34). The number of rotatable bonds is 6. The molecule has 170 valence electrons. The van der Waals surface area contributed by atoms with E-state index >= 15 is 0 Å². The molecule has 0 bridgehead atoms. The van der Waals surface area contributed by atoms with Crippen molar-refractivity contribution in [3.8, 4) is 23.3 Å². The van der Waals surface area contributed by atoms with E-state index in [1.54, 1.807) is 42.5 Å². The van der Waals surface area contributed by atoms with Crippen LogP contribution in [0.2, 0.25) is 5.02 Å². The van der Waals surface area contributed by atoms with E-state index in [0.717, 1.165) is 16.7 Å². The number of carbonyl (C=O) groups is 1. The van der Waals surface area contributed by atoms with Gasteiger partial charge in [0.2, 0.25) is 0 Å². The van der Waals surface area contributed by atoms with Crippen molar-refractivity contribution >= 4 is 23.2 Å². The zero-order valence-corrected chi connectivity index (χ0v) is 19.3. The first-order valence-electron chi connectivity index (χ1n) is 10.8. The highest BCUT2D eigenvalue weighted by atomic mass is 35.5. The Morgan fingerprint density at radius 3 is 2.06 bits per heavy atom. The van der Waals surface area contributed by atoms with Gasteiger partial charge in [-0.2, -0.15) is 10.5 Å². The van der Waals surface area contributed by atoms with Crippen LogP contribution in [0.1, 0.15) is 22.3 Å². The SMILES string of the molecule is N#Cc1ccc(-c2ccc(CC(O)(C(=O)Nc3ccc(C#N)c(Cl)c3)c3ccccc3)cc2)cc1. The van der Waals surface area contributed by atoms with Crippen LogP contribution in [-0.4, -0.2) is 11.0 Å². The average molecular weight is 478 g/mol. The molecule has 0 aliphatic carbocycles. The molecule has 0 saturated carbocycles. The first kappa shape index (κ1) is 23.7. The van der Waals surface area contributed by atoms with Crippen molar-refractivity contribution in [2.45, 2.75) is 12.0 Å². The minimum Gasteiger partial charge on any atom is -0.375 e. The molecule has 1 unspecified atom stereocenters. The van der Waals surface area contributed by atoms with Gasteiger partial charge in [0, 0.05) is 12.1 Å². The Morgan fingerprint density at radius 1 is 0.857 bits per heavy atom. The van der Waals surface area contributed by atoms with Crippen LogP contribution in [0.4, 0.5) is 5.69 Å². The summed E-state index contributed by atoms with van der Waals surface area (Å²) in [6.07, 6.45) is 0.0422. The van der Waals surface area contributed by atoms with Gasteiger partial charge in [-0.15, -0.1) is 0 Å². The third kappa shape index (κ3) is 5.23. The molecule has 0 aliphatic rings. The number of carbonyl (C=O) groups excluding carboxylic acids is 1. The number of anilines is 1. The first-order valence-corrected chi connectivity index (χ1v) is 11.2. The summed E-state index contributed by atoms with van der Waals surface area (Å²) in [5.41, 5.74) is 2.55. The number of nitrogens with zero attached hydrogens (tertiary/aromatic N) is 2. The molecule has 4 aromatic carbocycles. The van der Waals surface area contributed by atoms with E-state index in [0.29, 0.717) is 22.4 Å². The lowest BCUT2D eigenvalue weighted by atomic mass is 9.85. The second-order valence-corrected chi connectivity index (χ2v) is 8.46. The van der Waals surface area contributed by atoms with Gasteiger partial charge in [0.1, 0.15) is 6.07 Å². The predicted octanol–water partition coefficient (Wildman–Crippen LogP) is 5.82. The molecular formula is C29H20ClN3O2. The maximum Gasteiger partial charge on any atom is 0.261 e.